The molecule has 114 valence electrons. The number of para-hydroxylation sites is 1. The Bertz CT molecular complexity index is 610. The van der Waals surface area contributed by atoms with E-state index < -0.39 is 0 Å². The summed E-state index contributed by atoms with van der Waals surface area (Å²) in [5, 5.41) is 4.59. The van der Waals surface area contributed by atoms with E-state index in [0.29, 0.717) is 12.5 Å². The Morgan fingerprint density at radius 2 is 2.14 bits per heavy atom. The number of carbonyl (C=O) groups excluding carboxylic acids is 1. The number of hydrogen-bond acceptors (Lipinski definition) is 2. The summed E-state index contributed by atoms with van der Waals surface area (Å²) >= 11 is 0. The van der Waals surface area contributed by atoms with Crippen LogP contribution < -0.4 is 5.32 Å². The van der Waals surface area contributed by atoms with E-state index >= 15 is 0 Å². The molecular weight excluding hydrogens is 286 g/mol. The average Bonchev–Trinajstić information content (AvgIpc) is 2.88. The average molecular weight is 308 g/mol. The number of amides is 1. The van der Waals surface area contributed by atoms with Gasteiger partial charge in [-0.2, -0.15) is 0 Å². The van der Waals surface area contributed by atoms with E-state index in [9.17, 15) is 4.79 Å². The van der Waals surface area contributed by atoms with Crippen LogP contribution in [0.25, 0.3) is 10.9 Å². The largest absolute Gasteiger partial charge is 0.347 e. The van der Waals surface area contributed by atoms with Crippen LogP contribution in [0.2, 0.25) is 0 Å². The molecule has 1 aromatic heterocycles. The number of hydrogen-bond donors (Lipinski definition) is 1. The molecule has 5 heteroatoms. The van der Waals surface area contributed by atoms with Gasteiger partial charge in [0.05, 0.1) is 0 Å². The van der Waals surface area contributed by atoms with Crippen molar-refractivity contribution in [3.05, 3.63) is 36.5 Å². The number of benzene rings is 1. The van der Waals surface area contributed by atoms with Crippen LogP contribution in [0.15, 0.2) is 36.5 Å². The molecule has 4 nitrogen and oxygen atoms in total. The number of carbonyl (C=O) groups is 1. The second-order valence-electron chi connectivity index (χ2n) is 5.51. The Morgan fingerprint density at radius 3 is 2.95 bits per heavy atom. The van der Waals surface area contributed by atoms with Crippen LogP contribution in [0, 0.1) is 0 Å². The van der Waals surface area contributed by atoms with Crippen molar-refractivity contribution < 1.29 is 4.79 Å². The fourth-order valence-corrected chi connectivity index (χ4v) is 2.87. The van der Waals surface area contributed by atoms with Crippen LogP contribution >= 0.6 is 12.4 Å². The quantitative estimate of drug-likeness (QED) is 0.944. The molecule has 2 heterocycles. The maximum atomic E-state index is 12.3. The van der Waals surface area contributed by atoms with E-state index in [4.69, 9.17) is 0 Å². The Hall–Kier alpha value is -1.52. The molecule has 1 atom stereocenters. The van der Waals surface area contributed by atoms with Gasteiger partial charge in [0.2, 0.25) is 5.91 Å². The van der Waals surface area contributed by atoms with Crippen LogP contribution in [0.1, 0.15) is 13.3 Å². The van der Waals surface area contributed by atoms with Gasteiger partial charge in [0.1, 0.15) is 0 Å². The van der Waals surface area contributed by atoms with E-state index in [1.807, 2.05) is 17.0 Å². The molecule has 0 saturated carbocycles. The number of nitrogens with zero attached hydrogens (tertiary/aromatic N) is 2. The molecule has 1 aliphatic heterocycles. The van der Waals surface area contributed by atoms with Crippen molar-refractivity contribution in [1.29, 1.82) is 0 Å². The molecule has 3 rings (SSSR count). The van der Waals surface area contributed by atoms with Gasteiger partial charge in [0.25, 0.3) is 0 Å². The predicted octanol–water partition coefficient (Wildman–Crippen LogP) is 2.27. The standard InChI is InChI=1S/C16H21N3O.ClH/c1-13-12-19(11-8-17-13)16(20)7-10-18-9-6-14-4-2-3-5-15(14)18;/h2-6,9,13,17H,7-8,10-12H2,1H3;1H/t13-;/m1./s1. The van der Waals surface area contributed by atoms with E-state index in [0.717, 1.165) is 26.2 Å². The number of halogens is 1. The summed E-state index contributed by atoms with van der Waals surface area (Å²) in [6.07, 6.45) is 2.64. The van der Waals surface area contributed by atoms with Crippen molar-refractivity contribution in [3.63, 3.8) is 0 Å². The predicted molar refractivity (Wildman–Crippen MR) is 87.8 cm³/mol. The van der Waals surface area contributed by atoms with Gasteiger partial charge in [0, 0.05) is 50.4 Å². The van der Waals surface area contributed by atoms with E-state index in [1.165, 1.54) is 10.9 Å². The van der Waals surface area contributed by atoms with Gasteiger partial charge in [-0.05, 0) is 24.4 Å². The molecule has 2 aromatic rings. The number of nitrogens with one attached hydrogen (secondary N) is 1. The molecule has 1 saturated heterocycles. The Kier molecular flexibility index (Phi) is 5.26. The molecule has 0 bridgehead atoms. The van der Waals surface area contributed by atoms with Crippen LogP contribution in [-0.4, -0.2) is 41.1 Å². The molecule has 1 fully saturated rings. The first-order chi connectivity index (χ1) is 9.74. The van der Waals surface area contributed by atoms with Gasteiger partial charge < -0.3 is 14.8 Å². The highest BCUT2D eigenvalue weighted by molar-refractivity contribution is 5.85. The molecule has 0 aliphatic carbocycles. The van der Waals surface area contributed by atoms with Crippen molar-refractivity contribution >= 4 is 29.2 Å². The third-order valence-electron chi connectivity index (χ3n) is 3.97. The fourth-order valence-electron chi connectivity index (χ4n) is 2.87. The third kappa shape index (κ3) is 3.57. The zero-order valence-corrected chi connectivity index (χ0v) is 13.1. The number of rotatable bonds is 3. The molecule has 1 aromatic carbocycles. The summed E-state index contributed by atoms with van der Waals surface area (Å²) in [4.78, 5) is 14.2. The minimum atomic E-state index is 0. The number of aryl methyl sites for hydroxylation is 1. The Morgan fingerprint density at radius 1 is 1.33 bits per heavy atom. The summed E-state index contributed by atoms with van der Waals surface area (Å²) in [6, 6.07) is 10.8. The van der Waals surface area contributed by atoms with Crippen LogP contribution in [0.5, 0.6) is 0 Å². The van der Waals surface area contributed by atoms with Crippen molar-refractivity contribution in [2.24, 2.45) is 0 Å². The van der Waals surface area contributed by atoms with Crippen LogP contribution in [0.4, 0.5) is 0 Å². The highest BCUT2D eigenvalue weighted by Crippen LogP contribution is 2.15. The maximum absolute atomic E-state index is 12.3. The minimum Gasteiger partial charge on any atom is -0.347 e. The lowest BCUT2D eigenvalue weighted by molar-refractivity contribution is -0.132. The summed E-state index contributed by atoms with van der Waals surface area (Å²) in [5.74, 6) is 0.260. The summed E-state index contributed by atoms with van der Waals surface area (Å²) in [5.41, 5.74) is 1.20. The van der Waals surface area contributed by atoms with Gasteiger partial charge in [0.15, 0.2) is 0 Å². The van der Waals surface area contributed by atoms with Crippen LogP contribution in [-0.2, 0) is 11.3 Å². The fraction of sp³-hybridized carbons (Fsp3) is 0.438. The van der Waals surface area contributed by atoms with Gasteiger partial charge >= 0.3 is 0 Å². The SMILES string of the molecule is C[C@@H]1CN(C(=O)CCn2ccc3ccccc32)CCN1.Cl. The highest BCUT2D eigenvalue weighted by Gasteiger charge is 2.20. The van der Waals surface area contributed by atoms with Gasteiger partial charge in [-0.15, -0.1) is 12.4 Å². The van der Waals surface area contributed by atoms with E-state index in [1.54, 1.807) is 0 Å². The summed E-state index contributed by atoms with van der Waals surface area (Å²) in [6.45, 7) is 5.43. The number of aromatic nitrogens is 1. The number of piperazine rings is 1. The Balaban J connectivity index is 0.00000161. The third-order valence-corrected chi connectivity index (χ3v) is 3.97. The molecule has 0 unspecified atom stereocenters. The molecule has 1 N–H and O–H groups in total. The number of fused-ring (bicyclic) bond motifs is 1. The lowest BCUT2D eigenvalue weighted by atomic mass is 10.2. The molecule has 1 amide bonds. The highest BCUT2D eigenvalue weighted by atomic mass is 35.5. The zero-order chi connectivity index (χ0) is 13.9. The second-order valence-corrected chi connectivity index (χ2v) is 5.51. The van der Waals surface area contributed by atoms with Crippen LogP contribution in [0.3, 0.4) is 0 Å². The van der Waals surface area contributed by atoms with E-state index in [-0.39, 0.29) is 18.3 Å². The molecule has 0 spiro atoms. The van der Waals surface area contributed by atoms with Gasteiger partial charge in [-0.25, -0.2) is 0 Å². The first-order valence-electron chi connectivity index (χ1n) is 7.29. The smallest absolute Gasteiger partial charge is 0.224 e. The lowest BCUT2D eigenvalue weighted by Crippen LogP contribution is -2.51. The van der Waals surface area contributed by atoms with Crippen molar-refractivity contribution in [2.75, 3.05) is 19.6 Å². The maximum Gasteiger partial charge on any atom is 0.224 e. The summed E-state index contributed by atoms with van der Waals surface area (Å²) in [7, 11) is 0. The van der Waals surface area contributed by atoms with Crippen molar-refractivity contribution in [1.82, 2.24) is 14.8 Å². The van der Waals surface area contributed by atoms with Crippen molar-refractivity contribution in [3.8, 4) is 0 Å². The monoisotopic (exact) mass is 307 g/mol. The van der Waals surface area contributed by atoms with Gasteiger partial charge in [-0.3, -0.25) is 4.79 Å². The Labute approximate surface area is 131 Å². The molecule has 0 radical (unpaired) electrons. The first kappa shape index (κ1) is 15.9. The van der Waals surface area contributed by atoms with E-state index in [2.05, 4.69) is 41.2 Å². The molecule has 1 aliphatic rings. The minimum absolute atomic E-state index is 0. The second kappa shape index (κ2) is 6.96. The van der Waals surface area contributed by atoms with Gasteiger partial charge in [-0.1, -0.05) is 18.2 Å². The first-order valence-corrected chi connectivity index (χ1v) is 7.29. The lowest BCUT2D eigenvalue weighted by Gasteiger charge is -2.32. The summed E-state index contributed by atoms with van der Waals surface area (Å²) < 4.78 is 2.17. The van der Waals surface area contributed by atoms with Crippen molar-refractivity contribution in [2.45, 2.75) is 25.9 Å². The molecular formula is C16H22ClN3O. The normalized spacial score (nSPS) is 18.5. The topological polar surface area (TPSA) is 37.3 Å². The molecule has 21 heavy (non-hydrogen) atoms. The zero-order valence-electron chi connectivity index (χ0n) is 12.3.